The maximum Gasteiger partial charge on any atom is 0.244 e. The van der Waals surface area contributed by atoms with E-state index in [-0.39, 0.29) is 12.5 Å². The second-order valence-corrected chi connectivity index (χ2v) is 9.55. The Morgan fingerprint density at radius 3 is 3.00 bits per heavy atom. The first-order valence-corrected chi connectivity index (χ1v) is 11.5. The zero-order chi connectivity index (χ0) is 18.5. The number of rotatable bonds is 4. The van der Waals surface area contributed by atoms with Crippen LogP contribution in [0.4, 0.5) is 0 Å². The lowest BCUT2D eigenvalue weighted by atomic mass is 10.1. The molecule has 1 unspecified atom stereocenters. The number of hydrogen-bond donors (Lipinski definition) is 1. The van der Waals surface area contributed by atoms with Crippen LogP contribution in [0.25, 0.3) is 0 Å². The van der Waals surface area contributed by atoms with E-state index >= 15 is 0 Å². The zero-order valence-corrected chi connectivity index (χ0v) is 17.7. The van der Waals surface area contributed by atoms with Gasteiger partial charge < -0.3 is 15.1 Å². The first-order valence-electron chi connectivity index (χ1n) is 9.56. The highest BCUT2D eigenvalue weighted by Gasteiger charge is 2.26. The number of nitrogens with zero attached hydrogens (tertiary/aromatic N) is 3. The number of fused-ring (bicyclic) bond motifs is 1. The number of hydrogen-bond acceptors (Lipinski definition) is 4. The summed E-state index contributed by atoms with van der Waals surface area (Å²) in [6, 6.07) is 2.14. The maximum atomic E-state index is 12.7. The van der Waals surface area contributed by atoms with Gasteiger partial charge in [-0.05, 0) is 36.3 Å². The van der Waals surface area contributed by atoms with Gasteiger partial charge in [0.2, 0.25) is 5.91 Å². The molecule has 5 nitrogen and oxygen atoms in total. The fourth-order valence-corrected chi connectivity index (χ4v) is 5.59. The number of nitrogens with one attached hydrogen (secondary N) is 1. The van der Waals surface area contributed by atoms with Gasteiger partial charge in [-0.25, -0.2) is 4.99 Å². The minimum atomic E-state index is 0.129. The van der Waals surface area contributed by atoms with Crippen LogP contribution in [0.15, 0.2) is 16.4 Å². The van der Waals surface area contributed by atoms with Gasteiger partial charge in [-0.2, -0.15) is 11.8 Å². The molecule has 2 aliphatic heterocycles. The van der Waals surface area contributed by atoms with E-state index in [2.05, 4.69) is 59.2 Å². The predicted molar refractivity (Wildman–Crippen MR) is 112 cm³/mol. The van der Waals surface area contributed by atoms with Crippen molar-refractivity contribution in [3.63, 3.8) is 0 Å². The number of guanidine groups is 1. The Bertz CT molecular complexity index is 643. The van der Waals surface area contributed by atoms with E-state index in [1.807, 2.05) is 4.90 Å². The molecule has 3 heterocycles. The highest BCUT2D eigenvalue weighted by atomic mass is 32.2. The third-order valence-electron chi connectivity index (χ3n) is 5.00. The van der Waals surface area contributed by atoms with E-state index in [1.54, 1.807) is 11.3 Å². The number of amides is 1. The van der Waals surface area contributed by atoms with Crippen LogP contribution < -0.4 is 5.32 Å². The van der Waals surface area contributed by atoms with Gasteiger partial charge in [0.1, 0.15) is 6.54 Å². The van der Waals surface area contributed by atoms with Gasteiger partial charge in [-0.1, -0.05) is 13.8 Å². The van der Waals surface area contributed by atoms with E-state index in [0.29, 0.717) is 11.2 Å². The minimum Gasteiger partial charge on any atom is -0.357 e. The normalized spacial score (nSPS) is 21.1. The molecular weight excluding hydrogens is 364 g/mol. The number of aliphatic imine (C=N–C) groups is 1. The Balaban J connectivity index is 1.61. The van der Waals surface area contributed by atoms with Crippen molar-refractivity contribution < 1.29 is 4.79 Å². The number of thioether (sulfide) groups is 1. The van der Waals surface area contributed by atoms with Crippen LogP contribution in [0.1, 0.15) is 31.2 Å². The van der Waals surface area contributed by atoms with Gasteiger partial charge >= 0.3 is 0 Å². The molecule has 0 radical (unpaired) electrons. The molecule has 1 N–H and O–H groups in total. The topological polar surface area (TPSA) is 47.9 Å². The molecule has 1 fully saturated rings. The van der Waals surface area contributed by atoms with Gasteiger partial charge in [-0.3, -0.25) is 4.79 Å². The van der Waals surface area contributed by atoms with Crippen LogP contribution in [0.2, 0.25) is 0 Å². The lowest BCUT2D eigenvalue weighted by molar-refractivity contribution is -0.130. The summed E-state index contributed by atoms with van der Waals surface area (Å²) in [7, 11) is 0. The number of thiophene rings is 1. The molecule has 1 amide bonds. The van der Waals surface area contributed by atoms with E-state index in [4.69, 9.17) is 0 Å². The molecule has 3 rings (SSSR count). The quantitative estimate of drug-likeness (QED) is 0.630. The molecule has 144 valence electrons. The summed E-state index contributed by atoms with van der Waals surface area (Å²) in [6.07, 6.45) is 0.974. The average molecular weight is 395 g/mol. The van der Waals surface area contributed by atoms with Crippen molar-refractivity contribution in [2.45, 2.75) is 39.0 Å². The lowest BCUT2D eigenvalue weighted by Crippen LogP contribution is -2.49. The van der Waals surface area contributed by atoms with Crippen molar-refractivity contribution in [1.82, 2.24) is 15.1 Å². The molecule has 0 spiro atoms. The Labute approximate surface area is 165 Å². The fraction of sp³-hybridized carbons (Fsp3) is 0.684. The molecule has 1 aromatic rings. The Kier molecular flexibility index (Phi) is 6.86. The summed E-state index contributed by atoms with van der Waals surface area (Å²) in [6.45, 7) is 11.3. The number of carbonyl (C=O) groups is 1. The molecule has 26 heavy (non-hydrogen) atoms. The standard InChI is InChI=1S/C19H30N4OS2/c1-4-20-19(23-8-10-26-17(13-23)14(2)3)21-11-18(24)22-7-5-16-15(12-22)6-9-25-16/h6,9,14,17H,4-5,7-8,10-13H2,1-3H3,(H,20,21). The van der Waals surface area contributed by atoms with E-state index < -0.39 is 0 Å². The molecule has 0 aliphatic carbocycles. The van der Waals surface area contributed by atoms with E-state index in [0.717, 1.165) is 50.9 Å². The molecule has 2 aliphatic rings. The summed E-state index contributed by atoms with van der Waals surface area (Å²) >= 11 is 3.85. The number of carbonyl (C=O) groups excluding carboxylic acids is 1. The van der Waals surface area contributed by atoms with Gasteiger partial charge in [0, 0.05) is 48.6 Å². The largest absolute Gasteiger partial charge is 0.357 e. The van der Waals surface area contributed by atoms with Gasteiger partial charge in [0.15, 0.2) is 5.96 Å². The summed E-state index contributed by atoms with van der Waals surface area (Å²) in [4.78, 5) is 23.1. The second-order valence-electron chi connectivity index (χ2n) is 7.20. The molecule has 1 atom stereocenters. The summed E-state index contributed by atoms with van der Waals surface area (Å²) in [5, 5.41) is 6.13. The van der Waals surface area contributed by atoms with E-state index in [9.17, 15) is 4.79 Å². The maximum absolute atomic E-state index is 12.7. The zero-order valence-electron chi connectivity index (χ0n) is 16.0. The van der Waals surface area contributed by atoms with Crippen molar-refractivity contribution >= 4 is 35.0 Å². The summed E-state index contributed by atoms with van der Waals surface area (Å²) in [5.41, 5.74) is 1.30. The molecule has 0 aromatic carbocycles. The predicted octanol–water partition coefficient (Wildman–Crippen LogP) is 2.67. The average Bonchev–Trinajstić information content (AvgIpc) is 3.12. The van der Waals surface area contributed by atoms with Gasteiger partial charge in [-0.15, -0.1) is 11.3 Å². The van der Waals surface area contributed by atoms with Crippen molar-refractivity contribution in [2.75, 3.05) is 38.5 Å². The Hall–Kier alpha value is -1.21. The third kappa shape index (κ3) is 4.74. The minimum absolute atomic E-state index is 0.129. The van der Waals surface area contributed by atoms with Crippen LogP contribution in [0, 0.1) is 5.92 Å². The van der Waals surface area contributed by atoms with E-state index in [1.165, 1.54) is 10.4 Å². The van der Waals surface area contributed by atoms with Crippen LogP contribution in [0.5, 0.6) is 0 Å². The van der Waals surface area contributed by atoms with Gasteiger partial charge in [0.05, 0.1) is 0 Å². The van der Waals surface area contributed by atoms with Crippen LogP contribution in [-0.2, 0) is 17.8 Å². The Morgan fingerprint density at radius 2 is 2.23 bits per heavy atom. The van der Waals surface area contributed by atoms with Crippen LogP contribution in [-0.4, -0.2) is 65.4 Å². The first kappa shape index (κ1) is 19.5. The SMILES string of the molecule is CCNC(=NCC(=O)N1CCc2sccc2C1)N1CCSC(C(C)C)C1. The van der Waals surface area contributed by atoms with Crippen molar-refractivity contribution in [3.8, 4) is 0 Å². The highest BCUT2D eigenvalue weighted by molar-refractivity contribution is 8.00. The summed E-state index contributed by atoms with van der Waals surface area (Å²) < 4.78 is 0. The molecule has 7 heteroatoms. The lowest BCUT2D eigenvalue weighted by Gasteiger charge is -2.36. The molecule has 0 saturated carbocycles. The molecular formula is C19H30N4OS2. The first-order chi connectivity index (χ1) is 12.6. The van der Waals surface area contributed by atoms with Crippen molar-refractivity contribution in [1.29, 1.82) is 0 Å². The summed E-state index contributed by atoms with van der Waals surface area (Å²) in [5.74, 6) is 2.79. The van der Waals surface area contributed by atoms with Crippen LogP contribution in [0.3, 0.4) is 0 Å². The van der Waals surface area contributed by atoms with Gasteiger partial charge in [0.25, 0.3) is 0 Å². The molecule has 1 aromatic heterocycles. The molecule has 1 saturated heterocycles. The third-order valence-corrected chi connectivity index (χ3v) is 7.56. The smallest absolute Gasteiger partial charge is 0.244 e. The van der Waals surface area contributed by atoms with Crippen LogP contribution >= 0.6 is 23.1 Å². The highest BCUT2D eigenvalue weighted by Crippen LogP contribution is 2.25. The molecule has 0 bridgehead atoms. The Morgan fingerprint density at radius 1 is 1.38 bits per heavy atom. The monoisotopic (exact) mass is 394 g/mol. The fourth-order valence-electron chi connectivity index (χ4n) is 3.40. The second kappa shape index (κ2) is 9.13. The van der Waals surface area contributed by atoms with Crippen molar-refractivity contribution in [3.05, 3.63) is 21.9 Å². The van der Waals surface area contributed by atoms with Crippen molar-refractivity contribution in [2.24, 2.45) is 10.9 Å².